The average molecular weight is 272 g/mol. The fraction of sp³-hybridized carbons (Fsp3) is 0.308. The molecule has 1 atom stereocenters. The SMILES string of the molecule is CC[C@@H](C)NC(=O)/C=C/c1ccc(Cl)cc1Cl. The molecule has 0 aliphatic rings. The highest BCUT2D eigenvalue weighted by atomic mass is 35.5. The summed E-state index contributed by atoms with van der Waals surface area (Å²) in [5.74, 6) is -0.120. The van der Waals surface area contributed by atoms with E-state index >= 15 is 0 Å². The molecule has 0 aliphatic heterocycles. The number of hydrogen-bond acceptors (Lipinski definition) is 1. The Balaban J connectivity index is 2.67. The molecule has 1 N–H and O–H groups in total. The van der Waals surface area contributed by atoms with Gasteiger partial charge >= 0.3 is 0 Å². The van der Waals surface area contributed by atoms with E-state index in [0.29, 0.717) is 10.0 Å². The molecule has 0 bridgehead atoms. The highest BCUT2D eigenvalue weighted by Crippen LogP contribution is 2.21. The molecule has 0 aromatic heterocycles. The van der Waals surface area contributed by atoms with E-state index in [0.717, 1.165) is 12.0 Å². The summed E-state index contributed by atoms with van der Waals surface area (Å²) in [6.07, 6.45) is 4.05. The maximum atomic E-state index is 11.5. The molecule has 17 heavy (non-hydrogen) atoms. The van der Waals surface area contributed by atoms with Crippen molar-refractivity contribution in [1.82, 2.24) is 5.32 Å². The third-order valence-electron chi connectivity index (χ3n) is 2.38. The number of halogens is 2. The number of carbonyl (C=O) groups excluding carboxylic acids is 1. The molecule has 1 rings (SSSR count). The van der Waals surface area contributed by atoms with Crippen LogP contribution in [0.3, 0.4) is 0 Å². The lowest BCUT2D eigenvalue weighted by Gasteiger charge is -2.08. The van der Waals surface area contributed by atoms with Crippen molar-refractivity contribution in [3.63, 3.8) is 0 Å². The van der Waals surface area contributed by atoms with Crippen molar-refractivity contribution < 1.29 is 4.79 Å². The van der Waals surface area contributed by atoms with Gasteiger partial charge in [0.1, 0.15) is 0 Å². The molecule has 0 saturated heterocycles. The summed E-state index contributed by atoms with van der Waals surface area (Å²) in [4.78, 5) is 11.5. The minimum absolute atomic E-state index is 0.120. The fourth-order valence-electron chi connectivity index (χ4n) is 1.20. The molecule has 2 nitrogen and oxygen atoms in total. The van der Waals surface area contributed by atoms with Crippen molar-refractivity contribution in [1.29, 1.82) is 0 Å². The maximum Gasteiger partial charge on any atom is 0.244 e. The van der Waals surface area contributed by atoms with Gasteiger partial charge < -0.3 is 5.32 Å². The first kappa shape index (κ1) is 14.1. The molecule has 92 valence electrons. The molecule has 1 aromatic carbocycles. The van der Waals surface area contributed by atoms with Crippen LogP contribution in [0.2, 0.25) is 10.0 Å². The lowest BCUT2D eigenvalue weighted by Crippen LogP contribution is -2.30. The molecule has 1 aromatic rings. The molecule has 0 spiro atoms. The monoisotopic (exact) mass is 271 g/mol. The van der Waals surface area contributed by atoms with Crippen molar-refractivity contribution in [3.8, 4) is 0 Å². The van der Waals surface area contributed by atoms with E-state index in [2.05, 4.69) is 5.32 Å². The lowest BCUT2D eigenvalue weighted by atomic mass is 10.2. The van der Waals surface area contributed by atoms with Gasteiger partial charge in [-0.2, -0.15) is 0 Å². The second-order valence-electron chi connectivity index (χ2n) is 3.82. The average Bonchev–Trinajstić information content (AvgIpc) is 2.27. The summed E-state index contributed by atoms with van der Waals surface area (Å²) in [5.41, 5.74) is 0.773. The van der Waals surface area contributed by atoms with Crippen LogP contribution < -0.4 is 5.32 Å². The minimum Gasteiger partial charge on any atom is -0.350 e. The number of amides is 1. The molecular formula is C13H15Cl2NO. The van der Waals surface area contributed by atoms with Crippen LogP contribution >= 0.6 is 23.2 Å². The normalized spacial score (nSPS) is 12.7. The van der Waals surface area contributed by atoms with E-state index in [-0.39, 0.29) is 11.9 Å². The Morgan fingerprint density at radius 2 is 2.18 bits per heavy atom. The molecule has 0 unspecified atom stereocenters. The molecule has 1 amide bonds. The van der Waals surface area contributed by atoms with Gasteiger partial charge in [0.05, 0.1) is 0 Å². The Hall–Kier alpha value is -0.990. The van der Waals surface area contributed by atoms with E-state index in [9.17, 15) is 4.79 Å². The van der Waals surface area contributed by atoms with Gasteiger partial charge in [-0.25, -0.2) is 0 Å². The van der Waals surface area contributed by atoms with Crippen LogP contribution in [0, 0.1) is 0 Å². The van der Waals surface area contributed by atoms with Gasteiger partial charge in [0.25, 0.3) is 0 Å². The summed E-state index contributed by atoms with van der Waals surface area (Å²) >= 11 is 11.8. The smallest absolute Gasteiger partial charge is 0.244 e. The number of carbonyl (C=O) groups is 1. The van der Waals surface area contributed by atoms with Gasteiger partial charge in [-0.1, -0.05) is 36.2 Å². The second kappa shape index (κ2) is 6.67. The highest BCUT2D eigenvalue weighted by molar-refractivity contribution is 6.35. The van der Waals surface area contributed by atoms with E-state index < -0.39 is 0 Å². The molecule has 0 fully saturated rings. The Morgan fingerprint density at radius 1 is 1.47 bits per heavy atom. The highest BCUT2D eigenvalue weighted by Gasteiger charge is 2.02. The standard InChI is InChI=1S/C13H15Cl2NO/c1-3-9(2)16-13(17)7-5-10-4-6-11(14)8-12(10)15/h4-9H,3H2,1-2H3,(H,16,17)/b7-5+/t9-/m1/s1. The number of hydrogen-bond donors (Lipinski definition) is 1. The van der Waals surface area contributed by atoms with Gasteiger partial charge in [-0.15, -0.1) is 0 Å². The van der Waals surface area contributed by atoms with Crippen molar-refractivity contribution in [3.05, 3.63) is 39.9 Å². The van der Waals surface area contributed by atoms with Crippen LogP contribution in [0.4, 0.5) is 0 Å². The van der Waals surface area contributed by atoms with Crippen molar-refractivity contribution in [2.45, 2.75) is 26.3 Å². The van der Waals surface area contributed by atoms with Crippen LogP contribution in [0.15, 0.2) is 24.3 Å². The van der Waals surface area contributed by atoms with E-state index in [1.807, 2.05) is 13.8 Å². The molecule has 4 heteroatoms. The van der Waals surface area contributed by atoms with Crippen LogP contribution in [0.1, 0.15) is 25.8 Å². The molecule has 0 heterocycles. The van der Waals surface area contributed by atoms with Crippen molar-refractivity contribution in [2.75, 3.05) is 0 Å². The maximum absolute atomic E-state index is 11.5. The predicted molar refractivity (Wildman–Crippen MR) is 73.4 cm³/mol. The van der Waals surface area contributed by atoms with Crippen LogP contribution in [-0.4, -0.2) is 11.9 Å². The first-order valence-corrected chi connectivity index (χ1v) is 6.22. The van der Waals surface area contributed by atoms with Crippen LogP contribution in [0.25, 0.3) is 6.08 Å². The van der Waals surface area contributed by atoms with Crippen LogP contribution in [-0.2, 0) is 4.79 Å². The van der Waals surface area contributed by atoms with Gasteiger partial charge in [0.2, 0.25) is 5.91 Å². The number of rotatable bonds is 4. The molecule has 0 radical (unpaired) electrons. The zero-order chi connectivity index (χ0) is 12.8. The lowest BCUT2D eigenvalue weighted by molar-refractivity contribution is -0.117. The molecule has 0 saturated carbocycles. The zero-order valence-electron chi connectivity index (χ0n) is 9.84. The number of benzene rings is 1. The van der Waals surface area contributed by atoms with E-state index in [1.54, 1.807) is 24.3 Å². The topological polar surface area (TPSA) is 29.1 Å². The van der Waals surface area contributed by atoms with E-state index in [4.69, 9.17) is 23.2 Å². The summed E-state index contributed by atoms with van der Waals surface area (Å²) in [6, 6.07) is 5.33. The predicted octanol–water partition coefficient (Wildman–Crippen LogP) is 3.92. The van der Waals surface area contributed by atoms with Crippen molar-refractivity contribution >= 4 is 35.2 Å². The fourth-order valence-corrected chi connectivity index (χ4v) is 1.67. The summed E-state index contributed by atoms with van der Waals surface area (Å²) < 4.78 is 0. The second-order valence-corrected chi connectivity index (χ2v) is 4.66. The Bertz CT molecular complexity index is 429. The molecular weight excluding hydrogens is 257 g/mol. The van der Waals surface area contributed by atoms with Gasteiger partial charge in [0.15, 0.2) is 0 Å². The zero-order valence-corrected chi connectivity index (χ0v) is 11.3. The van der Waals surface area contributed by atoms with E-state index in [1.165, 1.54) is 6.08 Å². The summed E-state index contributed by atoms with van der Waals surface area (Å²) in [7, 11) is 0. The quantitative estimate of drug-likeness (QED) is 0.827. The summed E-state index contributed by atoms with van der Waals surface area (Å²) in [6.45, 7) is 3.98. The largest absolute Gasteiger partial charge is 0.350 e. The summed E-state index contributed by atoms with van der Waals surface area (Å²) in [5, 5.41) is 3.95. The third-order valence-corrected chi connectivity index (χ3v) is 2.94. The first-order valence-electron chi connectivity index (χ1n) is 5.46. The van der Waals surface area contributed by atoms with Crippen molar-refractivity contribution in [2.24, 2.45) is 0 Å². The van der Waals surface area contributed by atoms with Gasteiger partial charge in [0, 0.05) is 22.2 Å². The number of nitrogens with one attached hydrogen (secondary N) is 1. The first-order chi connectivity index (χ1) is 8.02. The Morgan fingerprint density at radius 3 is 2.76 bits per heavy atom. The Labute approximate surface area is 112 Å². The molecule has 0 aliphatic carbocycles. The van der Waals surface area contributed by atoms with Gasteiger partial charge in [-0.05, 0) is 37.1 Å². The van der Waals surface area contributed by atoms with Crippen LogP contribution in [0.5, 0.6) is 0 Å². The minimum atomic E-state index is -0.120. The third kappa shape index (κ3) is 4.80. The van der Waals surface area contributed by atoms with Gasteiger partial charge in [-0.3, -0.25) is 4.79 Å². The Kier molecular flexibility index (Phi) is 5.52.